The van der Waals surface area contributed by atoms with Gasteiger partial charge in [0, 0.05) is 17.0 Å². The van der Waals surface area contributed by atoms with Crippen molar-refractivity contribution in [2.75, 3.05) is 13.2 Å². The molecule has 0 aliphatic carbocycles. The quantitative estimate of drug-likeness (QED) is 0.663. The number of allylic oxidation sites excluding steroid dienone is 1. The second kappa shape index (κ2) is 9.03. The SMILES string of the molecule is CCC(C)C(CO)NC(=O)COc1ccc2c(c1)OC(=Cc1cccs1)C2=O. The molecule has 2 heterocycles. The first kappa shape index (κ1) is 20.1. The highest BCUT2D eigenvalue weighted by Crippen LogP contribution is 2.35. The lowest BCUT2D eigenvalue weighted by atomic mass is 10.00. The van der Waals surface area contributed by atoms with Crippen LogP contribution in [0.3, 0.4) is 0 Å². The van der Waals surface area contributed by atoms with E-state index in [-0.39, 0.29) is 42.6 Å². The number of benzene rings is 1. The molecule has 2 unspecified atom stereocenters. The van der Waals surface area contributed by atoms with Gasteiger partial charge in [-0.1, -0.05) is 26.3 Å². The molecule has 1 aliphatic heterocycles. The first-order chi connectivity index (χ1) is 13.5. The number of ketones is 1. The van der Waals surface area contributed by atoms with E-state index in [0.29, 0.717) is 17.1 Å². The van der Waals surface area contributed by atoms with Crippen LogP contribution in [-0.4, -0.2) is 36.1 Å². The van der Waals surface area contributed by atoms with Crippen molar-refractivity contribution in [2.45, 2.75) is 26.3 Å². The second-order valence-electron chi connectivity index (χ2n) is 6.64. The summed E-state index contributed by atoms with van der Waals surface area (Å²) >= 11 is 1.52. The molecular formula is C21H23NO5S. The second-order valence-corrected chi connectivity index (χ2v) is 7.62. The van der Waals surface area contributed by atoms with Crippen LogP contribution in [0.4, 0.5) is 0 Å². The minimum atomic E-state index is -0.310. The summed E-state index contributed by atoms with van der Waals surface area (Å²) in [5, 5.41) is 14.1. The molecule has 2 N–H and O–H groups in total. The number of fused-ring (bicyclic) bond motifs is 1. The van der Waals surface area contributed by atoms with Gasteiger partial charge in [-0.15, -0.1) is 11.3 Å². The van der Waals surface area contributed by atoms with Gasteiger partial charge in [-0.25, -0.2) is 0 Å². The van der Waals surface area contributed by atoms with Crippen LogP contribution in [0.5, 0.6) is 11.5 Å². The normalized spacial score (nSPS) is 16.4. The summed E-state index contributed by atoms with van der Waals surface area (Å²) in [6, 6.07) is 8.39. The van der Waals surface area contributed by atoms with Crippen LogP contribution >= 0.6 is 11.3 Å². The number of amides is 1. The molecule has 1 aliphatic rings. The Morgan fingerprint density at radius 2 is 2.21 bits per heavy atom. The van der Waals surface area contributed by atoms with E-state index in [2.05, 4.69) is 5.32 Å². The molecule has 0 saturated carbocycles. The zero-order chi connectivity index (χ0) is 20.1. The number of hydrogen-bond acceptors (Lipinski definition) is 6. The first-order valence-corrected chi connectivity index (χ1v) is 10.0. The highest BCUT2D eigenvalue weighted by Gasteiger charge is 2.28. The molecule has 0 fully saturated rings. The van der Waals surface area contributed by atoms with Crippen molar-refractivity contribution in [3.63, 3.8) is 0 Å². The van der Waals surface area contributed by atoms with E-state index in [0.717, 1.165) is 11.3 Å². The Bertz CT molecular complexity index is 875. The van der Waals surface area contributed by atoms with Crippen LogP contribution in [-0.2, 0) is 4.79 Å². The largest absolute Gasteiger partial charge is 0.484 e. The topological polar surface area (TPSA) is 84.9 Å². The minimum Gasteiger partial charge on any atom is -0.484 e. The lowest BCUT2D eigenvalue weighted by Gasteiger charge is -2.22. The van der Waals surface area contributed by atoms with Crippen molar-refractivity contribution >= 4 is 29.1 Å². The average molecular weight is 401 g/mol. The summed E-state index contributed by atoms with van der Waals surface area (Å²) in [5.41, 5.74) is 0.469. The lowest BCUT2D eigenvalue weighted by molar-refractivity contribution is -0.124. The first-order valence-electron chi connectivity index (χ1n) is 9.16. The summed E-state index contributed by atoms with van der Waals surface area (Å²) in [5.74, 6) is 0.803. The van der Waals surface area contributed by atoms with Gasteiger partial charge in [0.05, 0.1) is 18.2 Å². The predicted octanol–water partition coefficient (Wildman–Crippen LogP) is 3.27. The Morgan fingerprint density at radius 3 is 2.89 bits per heavy atom. The molecular weight excluding hydrogens is 378 g/mol. The van der Waals surface area contributed by atoms with Crippen molar-refractivity contribution in [1.82, 2.24) is 5.32 Å². The minimum absolute atomic E-state index is 0.116. The maximum atomic E-state index is 12.4. The Morgan fingerprint density at radius 1 is 1.39 bits per heavy atom. The van der Waals surface area contributed by atoms with Crippen LogP contribution < -0.4 is 14.8 Å². The molecule has 7 heteroatoms. The molecule has 148 valence electrons. The van der Waals surface area contributed by atoms with Crippen LogP contribution in [0.1, 0.15) is 35.5 Å². The zero-order valence-corrected chi connectivity index (χ0v) is 16.6. The van der Waals surface area contributed by atoms with Crippen LogP contribution in [0.25, 0.3) is 6.08 Å². The number of thiophene rings is 1. The molecule has 0 bridgehead atoms. The number of carbonyl (C=O) groups is 2. The molecule has 0 saturated heterocycles. The number of aliphatic hydroxyl groups excluding tert-OH is 1. The van der Waals surface area contributed by atoms with Gasteiger partial charge in [0.2, 0.25) is 5.78 Å². The van der Waals surface area contributed by atoms with Crippen molar-refractivity contribution in [3.8, 4) is 11.5 Å². The predicted molar refractivity (Wildman–Crippen MR) is 108 cm³/mol. The fourth-order valence-corrected chi connectivity index (χ4v) is 3.46. The molecule has 28 heavy (non-hydrogen) atoms. The van der Waals surface area contributed by atoms with Crippen molar-refractivity contribution in [3.05, 3.63) is 51.9 Å². The van der Waals surface area contributed by atoms with Crippen LogP contribution in [0.2, 0.25) is 0 Å². The molecule has 3 rings (SSSR count). The summed E-state index contributed by atoms with van der Waals surface area (Å²) in [6.07, 6.45) is 2.56. The number of aliphatic hydroxyl groups is 1. The number of hydrogen-bond donors (Lipinski definition) is 2. The Labute approximate surface area is 167 Å². The number of nitrogens with one attached hydrogen (secondary N) is 1. The van der Waals surface area contributed by atoms with Crippen molar-refractivity contribution < 1.29 is 24.2 Å². The van der Waals surface area contributed by atoms with E-state index in [1.807, 2.05) is 31.4 Å². The zero-order valence-electron chi connectivity index (χ0n) is 15.8. The summed E-state index contributed by atoms with van der Waals surface area (Å²) < 4.78 is 11.2. The monoisotopic (exact) mass is 401 g/mol. The van der Waals surface area contributed by atoms with Gasteiger partial charge < -0.3 is 19.9 Å². The van der Waals surface area contributed by atoms with Gasteiger partial charge in [-0.3, -0.25) is 9.59 Å². The molecule has 1 amide bonds. The van der Waals surface area contributed by atoms with Crippen LogP contribution in [0.15, 0.2) is 41.5 Å². The summed E-state index contributed by atoms with van der Waals surface area (Å²) in [7, 11) is 0. The lowest BCUT2D eigenvalue weighted by Crippen LogP contribution is -2.43. The number of ether oxygens (including phenoxy) is 2. The third kappa shape index (κ3) is 4.61. The molecule has 1 aromatic carbocycles. The van der Waals surface area contributed by atoms with Gasteiger partial charge in [0.1, 0.15) is 11.5 Å². The van der Waals surface area contributed by atoms with E-state index in [4.69, 9.17) is 9.47 Å². The molecule has 6 nitrogen and oxygen atoms in total. The van der Waals surface area contributed by atoms with Crippen molar-refractivity contribution in [1.29, 1.82) is 0 Å². The summed E-state index contributed by atoms with van der Waals surface area (Å²) in [4.78, 5) is 25.4. The standard InChI is InChI=1S/C21H23NO5S/c1-3-13(2)17(11-23)22-20(24)12-26-14-6-7-16-18(9-14)27-19(21(16)25)10-15-5-4-8-28-15/h4-10,13,17,23H,3,11-12H2,1-2H3,(H,22,24). The molecule has 0 radical (unpaired) electrons. The van der Waals surface area contributed by atoms with Gasteiger partial charge in [-0.05, 0) is 29.5 Å². The fourth-order valence-electron chi connectivity index (χ4n) is 2.81. The van der Waals surface area contributed by atoms with Crippen LogP contribution in [0, 0.1) is 5.92 Å². The maximum absolute atomic E-state index is 12.4. The fraction of sp³-hybridized carbons (Fsp3) is 0.333. The third-order valence-electron chi connectivity index (χ3n) is 4.70. The van der Waals surface area contributed by atoms with Gasteiger partial charge in [-0.2, -0.15) is 0 Å². The maximum Gasteiger partial charge on any atom is 0.258 e. The van der Waals surface area contributed by atoms with Gasteiger partial charge >= 0.3 is 0 Å². The average Bonchev–Trinajstić information content (AvgIpc) is 3.32. The van der Waals surface area contributed by atoms with E-state index in [1.54, 1.807) is 24.3 Å². The van der Waals surface area contributed by atoms with E-state index >= 15 is 0 Å². The number of Topliss-reactive ketones (excluding diaryl/α,β-unsaturated/α-hetero) is 1. The third-order valence-corrected chi connectivity index (χ3v) is 5.52. The molecule has 2 atom stereocenters. The number of carbonyl (C=O) groups excluding carboxylic acids is 2. The molecule has 1 aromatic heterocycles. The van der Waals surface area contributed by atoms with Gasteiger partial charge in [0.25, 0.3) is 5.91 Å². The summed E-state index contributed by atoms with van der Waals surface area (Å²) in [6.45, 7) is 3.67. The number of rotatable bonds is 8. The van der Waals surface area contributed by atoms with Gasteiger partial charge in [0.15, 0.2) is 12.4 Å². The Balaban J connectivity index is 1.61. The Kier molecular flexibility index (Phi) is 6.49. The molecule has 2 aromatic rings. The van der Waals surface area contributed by atoms with E-state index in [1.165, 1.54) is 11.3 Å². The molecule has 0 spiro atoms. The van der Waals surface area contributed by atoms with E-state index in [9.17, 15) is 14.7 Å². The van der Waals surface area contributed by atoms with E-state index < -0.39 is 0 Å². The highest BCUT2D eigenvalue weighted by atomic mass is 32.1. The van der Waals surface area contributed by atoms with Crippen molar-refractivity contribution in [2.24, 2.45) is 5.92 Å². The Hall–Kier alpha value is -2.64. The highest BCUT2D eigenvalue weighted by molar-refractivity contribution is 7.10. The smallest absolute Gasteiger partial charge is 0.258 e.